The van der Waals surface area contributed by atoms with Gasteiger partial charge in [0.25, 0.3) is 0 Å². The molecular formula is C18H36N2O3. The number of hydrogen-bond acceptors (Lipinski definition) is 3. The Kier molecular flexibility index (Phi) is 16.2. The van der Waals surface area contributed by atoms with Gasteiger partial charge in [-0.1, -0.05) is 77.6 Å². The van der Waals surface area contributed by atoms with Gasteiger partial charge >= 0.3 is 6.09 Å². The SMILES string of the molecule is CCCCCCCCCCCCCCOC(=O)NCC(=O)NC. The van der Waals surface area contributed by atoms with E-state index in [0.717, 1.165) is 12.8 Å². The van der Waals surface area contributed by atoms with Gasteiger partial charge in [0, 0.05) is 7.05 Å². The van der Waals surface area contributed by atoms with E-state index >= 15 is 0 Å². The lowest BCUT2D eigenvalue weighted by atomic mass is 10.1. The van der Waals surface area contributed by atoms with Crippen LogP contribution in [0.5, 0.6) is 0 Å². The zero-order valence-electron chi connectivity index (χ0n) is 15.1. The molecule has 0 bridgehead atoms. The third kappa shape index (κ3) is 16.9. The van der Waals surface area contributed by atoms with Crippen molar-refractivity contribution >= 4 is 12.0 Å². The molecule has 0 aromatic heterocycles. The number of carbonyl (C=O) groups is 2. The van der Waals surface area contributed by atoms with Crippen LogP contribution in [0.15, 0.2) is 0 Å². The van der Waals surface area contributed by atoms with Gasteiger partial charge in [0.15, 0.2) is 0 Å². The fourth-order valence-electron chi connectivity index (χ4n) is 2.40. The van der Waals surface area contributed by atoms with Gasteiger partial charge in [-0.2, -0.15) is 0 Å². The predicted molar refractivity (Wildman–Crippen MR) is 94.5 cm³/mol. The molecule has 136 valence electrons. The van der Waals surface area contributed by atoms with Crippen molar-refractivity contribution in [3.63, 3.8) is 0 Å². The highest BCUT2D eigenvalue weighted by Crippen LogP contribution is 2.11. The number of nitrogens with one attached hydrogen (secondary N) is 2. The average molecular weight is 328 g/mol. The topological polar surface area (TPSA) is 67.4 Å². The van der Waals surface area contributed by atoms with Crippen molar-refractivity contribution in [2.24, 2.45) is 0 Å². The molecule has 0 aliphatic heterocycles. The Balaban J connectivity index is 3.15. The minimum Gasteiger partial charge on any atom is -0.450 e. The summed E-state index contributed by atoms with van der Waals surface area (Å²) in [5, 5.41) is 4.83. The predicted octanol–water partition coefficient (Wildman–Crippen LogP) is 4.16. The van der Waals surface area contributed by atoms with Crippen molar-refractivity contribution in [3.8, 4) is 0 Å². The largest absolute Gasteiger partial charge is 0.450 e. The smallest absolute Gasteiger partial charge is 0.407 e. The number of likely N-dealkylation sites (N-methyl/N-ethyl adjacent to an activating group) is 1. The zero-order valence-corrected chi connectivity index (χ0v) is 15.1. The second-order valence-corrected chi connectivity index (χ2v) is 6.05. The summed E-state index contributed by atoms with van der Waals surface area (Å²) < 4.78 is 5.00. The quantitative estimate of drug-likeness (QED) is 0.444. The van der Waals surface area contributed by atoms with E-state index in [2.05, 4.69) is 17.6 Å². The third-order valence-corrected chi connectivity index (χ3v) is 3.90. The van der Waals surface area contributed by atoms with E-state index in [1.54, 1.807) is 0 Å². The maximum absolute atomic E-state index is 11.3. The van der Waals surface area contributed by atoms with Gasteiger partial charge in [0.05, 0.1) is 13.2 Å². The maximum atomic E-state index is 11.3. The Morgan fingerprint density at radius 1 is 0.783 bits per heavy atom. The Bertz CT molecular complexity index is 296. The van der Waals surface area contributed by atoms with Gasteiger partial charge in [-0.3, -0.25) is 4.79 Å². The lowest BCUT2D eigenvalue weighted by Gasteiger charge is -2.06. The number of alkyl carbamates (subject to hydrolysis) is 1. The lowest BCUT2D eigenvalue weighted by molar-refractivity contribution is -0.119. The molecule has 0 unspecified atom stereocenters. The molecule has 2 amide bonds. The molecule has 0 atom stereocenters. The molecule has 0 aromatic carbocycles. The number of amides is 2. The van der Waals surface area contributed by atoms with E-state index in [1.165, 1.54) is 71.3 Å². The molecule has 0 spiro atoms. The van der Waals surface area contributed by atoms with Gasteiger partial charge in [-0.15, -0.1) is 0 Å². The Labute approximate surface area is 141 Å². The van der Waals surface area contributed by atoms with Crippen LogP contribution in [0.3, 0.4) is 0 Å². The first-order chi connectivity index (χ1) is 11.2. The van der Waals surface area contributed by atoms with E-state index in [-0.39, 0.29) is 12.5 Å². The molecule has 0 fully saturated rings. The Morgan fingerprint density at radius 2 is 1.26 bits per heavy atom. The first-order valence-electron chi connectivity index (χ1n) is 9.32. The van der Waals surface area contributed by atoms with Gasteiger partial charge in [-0.25, -0.2) is 4.79 Å². The summed E-state index contributed by atoms with van der Waals surface area (Å²) in [5.74, 6) is -0.229. The molecule has 0 saturated heterocycles. The van der Waals surface area contributed by atoms with Crippen LogP contribution in [0.1, 0.15) is 84.0 Å². The van der Waals surface area contributed by atoms with Crippen molar-refractivity contribution in [1.29, 1.82) is 0 Å². The summed E-state index contributed by atoms with van der Waals surface area (Å²) in [6.45, 7) is 2.65. The highest BCUT2D eigenvalue weighted by Gasteiger charge is 2.03. The van der Waals surface area contributed by atoms with Crippen molar-refractivity contribution < 1.29 is 14.3 Å². The minimum atomic E-state index is -0.517. The summed E-state index contributed by atoms with van der Waals surface area (Å²) in [6, 6.07) is 0. The van der Waals surface area contributed by atoms with E-state index in [9.17, 15) is 9.59 Å². The van der Waals surface area contributed by atoms with Crippen LogP contribution in [0.25, 0.3) is 0 Å². The Morgan fingerprint density at radius 3 is 1.74 bits per heavy atom. The van der Waals surface area contributed by atoms with Crippen LogP contribution >= 0.6 is 0 Å². The van der Waals surface area contributed by atoms with Crippen LogP contribution in [0.2, 0.25) is 0 Å². The molecule has 5 nitrogen and oxygen atoms in total. The van der Waals surface area contributed by atoms with E-state index in [1.807, 2.05) is 0 Å². The highest BCUT2D eigenvalue weighted by molar-refractivity contribution is 5.81. The summed E-state index contributed by atoms with van der Waals surface area (Å²) in [7, 11) is 1.53. The maximum Gasteiger partial charge on any atom is 0.407 e. The molecule has 0 radical (unpaired) electrons. The van der Waals surface area contributed by atoms with Crippen molar-refractivity contribution in [3.05, 3.63) is 0 Å². The standard InChI is InChI=1S/C18H36N2O3/c1-3-4-5-6-7-8-9-10-11-12-13-14-15-23-18(22)20-16-17(21)19-2/h3-16H2,1-2H3,(H,19,21)(H,20,22). The molecule has 0 rings (SSSR count). The summed E-state index contributed by atoms with van der Waals surface area (Å²) in [4.78, 5) is 22.2. The molecule has 23 heavy (non-hydrogen) atoms. The fraction of sp³-hybridized carbons (Fsp3) is 0.889. The minimum absolute atomic E-state index is 0.0340. The third-order valence-electron chi connectivity index (χ3n) is 3.90. The second-order valence-electron chi connectivity index (χ2n) is 6.05. The Hall–Kier alpha value is -1.26. The van der Waals surface area contributed by atoms with Crippen molar-refractivity contribution in [2.45, 2.75) is 84.0 Å². The number of ether oxygens (including phenoxy) is 1. The monoisotopic (exact) mass is 328 g/mol. The number of unbranched alkanes of at least 4 members (excludes halogenated alkanes) is 11. The van der Waals surface area contributed by atoms with Crippen molar-refractivity contribution in [2.75, 3.05) is 20.2 Å². The molecule has 2 N–H and O–H groups in total. The van der Waals surface area contributed by atoms with Gasteiger partial charge in [0.1, 0.15) is 0 Å². The van der Waals surface area contributed by atoms with Crippen LogP contribution in [0, 0.1) is 0 Å². The van der Waals surface area contributed by atoms with Crippen LogP contribution in [-0.4, -0.2) is 32.2 Å². The molecule has 0 aromatic rings. The van der Waals surface area contributed by atoms with E-state index < -0.39 is 6.09 Å². The average Bonchev–Trinajstić information content (AvgIpc) is 2.56. The van der Waals surface area contributed by atoms with E-state index in [4.69, 9.17) is 4.74 Å². The van der Waals surface area contributed by atoms with E-state index in [0.29, 0.717) is 6.61 Å². The normalized spacial score (nSPS) is 10.3. The van der Waals surface area contributed by atoms with Gasteiger partial charge < -0.3 is 15.4 Å². The molecule has 0 heterocycles. The van der Waals surface area contributed by atoms with Crippen molar-refractivity contribution in [1.82, 2.24) is 10.6 Å². The highest BCUT2D eigenvalue weighted by atomic mass is 16.5. The first kappa shape index (κ1) is 21.7. The zero-order chi connectivity index (χ0) is 17.2. The molecule has 0 aliphatic rings. The molecule has 0 saturated carbocycles. The van der Waals surface area contributed by atoms with Crippen LogP contribution in [-0.2, 0) is 9.53 Å². The fourth-order valence-corrected chi connectivity index (χ4v) is 2.40. The first-order valence-corrected chi connectivity index (χ1v) is 9.32. The summed E-state index contributed by atoms with van der Waals surface area (Å²) >= 11 is 0. The summed E-state index contributed by atoms with van der Waals surface area (Å²) in [6.07, 6.45) is 14.9. The van der Waals surface area contributed by atoms with Crippen LogP contribution in [0.4, 0.5) is 4.79 Å². The summed E-state index contributed by atoms with van der Waals surface area (Å²) in [5.41, 5.74) is 0. The number of carbonyl (C=O) groups excluding carboxylic acids is 2. The van der Waals surface area contributed by atoms with Gasteiger partial charge in [0.2, 0.25) is 5.91 Å². The molecular weight excluding hydrogens is 292 g/mol. The van der Waals surface area contributed by atoms with Crippen LogP contribution < -0.4 is 10.6 Å². The van der Waals surface area contributed by atoms with Gasteiger partial charge in [-0.05, 0) is 6.42 Å². The second kappa shape index (κ2) is 17.1. The number of rotatable bonds is 15. The molecule has 5 heteroatoms. The number of hydrogen-bond donors (Lipinski definition) is 2. The molecule has 0 aliphatic carbocycles. The lowest BCUT2D eigenvalue weighted by Crippen LogP contribution is -2.35.